The highest BCUT2D eigenvalue weighted by Gasteiger charge is 2.09. The van der Waals surface area contributed by atoms with Gasteiger partial charge in [0, 0.05) is 23.3 Å². The number of aromatic nitrogens is 1. The molecule has 0 aliphatic heterocycles. The zero-order valence-corrected chi connectivity index (χ0v) is 11.2. The lowest BCUT2D eigenvalue weighted by Gasteiger charge is -2.00. The molecule has 6 heteroatoms. The lowest BCUT2D eigenvalue weighted by atomic mass is 10.1. The summed E-state index contributed by atoms with van der Waals surface area (Å²) in [4.78, 5) is 15.5. The second kappa shape index (κ2) is 5.54. The van der Waals surface area contributed by atoms with Crippen molar-refractivity contribution >= 4 is 31.6 Å². The van der Waals surface area contributed by atoms with E-state index in [0.717, 1.165) is 10.7 Å². The Hall–Kier alpha value is -0.750. The van der Waals surface area contributed by atoms with Crippen molar-refractivity contribution in [1.82, 2.24) is 4.98 Å². The Balaban J connectivity index is 2.50. The van der Waals surface area contributed by atoms with Gasteiger partial charge in [0.05, 0.1) is 5.75 Å². The van der Waals surface area contributed by atoms with E-state index in [1.807, 2.05) is 0 Å². The molecule has 0 amide bonds. The van der Waals surface area contributed by atoms with Gasteiger partial charge in [-0.05, 0) is 34.5 Å². The van der Waals surface area contributed by atoms with E-state index in [9.17, 15) is 13.2 Å². The van der Waals surface area contributed by atoms with E-state index in [1.165, 1.54) is 0 Å². The van der Waals surface area contributed by atoms with E-state index >= 15 is 0 Å². The average Bonchev–Trinajstić information content (AvgIpc) is 2.16. The molecule has 1 aromatic rings. The summed E-state index contributed by atoms with van der Waals surface area (Å²) in [5.74, 6) is -0.0916. The number of hydrogen-bond donors (Lipinski definition) is 0. The van der Waals surface area contributed by atoms with Crippen molar-refractivity contribution in [2.75, 3.05) is 12.0 Å². The molecular weight excluding hydrogens is 294 g/mol. The molecular formula is C10H12BrNO3S. The maximum absolute atomic E-state index is 11.6. The summed E-state index contributed by atoms with van der Waals surface area (Å²) < 4.78 is 22.5. The van der Waals surface area contributed by atoms with Crippen LogP contribution in [-0.4, -0.2) is 31.2 Å². The highest BCUT2D eigenvalue weighted by atomic mass is 79.9. The summed E-state index contributed by atoms with van der Waals surface area (Å²) in [6.07, 6.45) is 3.26. The second-order valence-electron chi connectivity index (χ2n) is 3.52. The Morgan fingerprint density at radius 3 is 2.62 bits per heavy atom. The zero-order valence-electron chi connectivity index (χ0n) is 8.81. The Morgan fingerprint density at radius 2 is 2.12 bits per heavy atom. The molecule has 0 unspecified atom stereocenters. The van der Waals surface area contributed by atoms with Gasteiger partial charge in [0.15, 0.2) is 5.78 Å². The molecule has 1 heterocycles. The number of carbonyl (C=O) groups is 1. The van der Waals surface area contributed by atoms with Crippen molar-refractivity contribution in [1.29, 1.82) is 0 Å². The summed E-state index contributed by atoms with van der Waals surface area (Å²) in [6, 6.07) is 3.35. The third-order valence-electron chi connectivity index (χ3n) is 1.93. The normalized spacial score (nSPS) is 11.4. The van der Waals surface area contributed by atoms with Crippen molar-refractivity contribution in [2.24, 2.45) is 0 Å². The lowest BCUT2D eigenvalue weighted by molar-refractivity contribution is 0.0977. The number of sulfone groups is 1. The maximum atomic E-state index is 11.6. The first-order chi connectivity index (χ1) is 7.38. The number of ketones is 1. The van der Waals surface area contributed by atoms with Gasteiger partial charge < -0.3 is 0 Å². The first-order valence-electron chi connectivity index (χ1n) is 4.71. The van der Waals surface area contributed by atoms with Crippen LogP contribution in [0.4, 0.5) is 0 Å². The number of nitrogens with zero attached hydrogens (tertiary/aromatic N) is 1. The lowest BCUT2D eigenvalue weighted by Crippen LogP contribution is -2.07. The first-order valence-corrected chi connectivity index (χ1v) is 7.56. The topological polar surface area (TPSA) is 64.1 Å². The predicted octanol–water partition coefficient (Wildman–Crippen LogP) is 1.85. The minimum absolute atomic E-state index is 0.0370. The Labute approximate surface area is 103 Å². The van der Waals surface area contributed by atoms with Gasteiger partial charge in [0.1, 0.15) is 15.5 Å². The summed E-state index contributed by atoms with van der Waals surface area (Å²) in [5.41, 5.74) is 0.372. The largest absolute Gasteiger partial charge is 0.292 e. The molecule has 0 radical (unpaired) electrons. The number of rotatable bonds is 5. The highest BCUT2D eigenvalue weighted by molar-refractivity contribution is 9.10. The summed E-state index contributed by atoms with van der Waals surface area (Å²) >= 11 is 3.22. The van der Waals surface area contributed by atoms with E-state index in [4.69, 9.17) is 0 Å². The molecule has 1 rings (SSSR count). The highest BCUT2D eigenvalue weighted by Crippen LogP contribution is 2.09. The third kappa shape index (κ3) is 4.85. The fraction of sp³-hybridized carbons (Fsp3) is 0.400. The first kappa shape index (κ1) is 13.3. The van der Waals surface area contributed by atoms with Crippen LogP contribution in [0.15, 0.2) is 22.8 Å². The fourth-order valence-electron chi connectivity index (χ4n) is 1.16. The molecule has 4 nitrogen and oxygen atoms in total. The molecule has 88 valence electrons. The van der Waals surface area contributed by atoms with E-state index in [0.29, 0.717) is 12.1 Å². The van der Waals surface area contributed by atoms with E-state index in [-0.39, 0.29) is 18.0 Å². The van der Waals surface area contributed by atoms with Crippen LogP contribution in [0.1, 0.15) is 23.3 Å². The minimum atomic E-state index is -2.99. The quantitative estimate of drug-likeness (QED) is 0.779. The Bertz CT molecular complexity index is 467. The Kier molecular flexibility index (Phi) is 4.61. The van der Waals surface area contributed by atoms with Crippen LogP contribution in [0.5, 0.6) is 0 Å². The van der Waals surface area contributed by atoms with Crippen LogP contribution in [0.25, 0.3) is 0 Å². The maximum Gasteiger partial charge on any atom is 0.181 e. The predicted molar refractivity (Wildman–Crippen MR) is 65.2 cm³/mol. The van der Waals surface area contributed by atoms with E-state index in [2.05, 4.69) is 20.9 Å². The van der Waals surface area contributed by atoms with Gasteiger partial charge in [-0.3, -0.25) is 9.78 Å². The van der Waals surface area contributed by atoms with Crippen molar-refractivity contribution in [2.45, 2.75) is 12.8 Å². The van der Waals surface area contributed by atoms with Crippen LogP contribution in [0, 0.1) is 0 Å². The molecule has 0 fully saturated rings. The van der Waals surface area contributed by atoms with Crippen LogP contribution >= 0.6 is 15.9 Å². The van der Waals surface area contributed by atoms with E-state index < -0.39 is 9.84 Å². The van der Waals surface area contributed by atoms with Gasteiger partial charge in [0.25, 0.3) is 0 Å². The summed E-state index contributed by atoms with van der Waals surface area (Å²) in [7, 11) is -2.99. The molecule has 0 saturated carbocycles. The average molecular weight is 306 g/mol. The van der Waals surface area contributed by atoms with Crippen LogP contribution in [-0.2, 0) is 9.84 Å². The monoisotopic (exact) mass is 305 g/mol. The number of carbonyl (C=O) groups excluding carboxylic acids is 1. The molecule has 1 aromatic heterocycles. The number of pyridine rings is 1. The molecule has 0 aliphatic rings. The van der Waals surface area contributed by atoms with E-state index in [1.54, 1.807) is 18.3 Å². The van der Waals surface area contributed by atoms with Gasteiger partial charge in [-0.25, -0.2) is 8.42 Å². The molecule has 0 saturated heterocycles. The summed E-state index contributed by atoms with van der Waals surface area (Å²) in [6.45, 7) is 0. The SMILES string of the molecule is CS(=O)(=O)CCCC(=O)c1ccc(Br)cn1. The third-order valence-corrected chi connectivity index (χ3v) is 3.43. The molecule has 0 bridgehead atoms. The van der Waals surface area contributed by atoms with Crippen LogP contribution < -0.4 is 0 Å². The second-order valence-corrected chi connectivity index (χ2v) is 6.69. The molecule has 0 atom stereocenters. The summed E-state index contributed by atoms with van der Waals surface area (Å²) in [5, 5.41) is 0. The Morgan fingerprint density at radius 1 is 1.44 bits per heavy atom. The molecule has 0 spiro atoms. The molecule has 0 N–H and O–H groups in total. The van der Waals surface area contributed by atoms with Gasteiger partial charge in [-0.15, -0.1) is 0 Å². The zero-order chi connectivity index (χ0) is 12.2. The molecule has 0 aromatic carbocycles. The number of halogens is 1. The van der Waals surface area contributed by atoms with Gasteiger partial charge in [-0.1, -0.05) is 0 Å². The van der Waals surface area contributed by atoms with Crippen molar-refractivity contribution in [3.63, 3.8) is 0 Å². The molecule has 0 aliphatic carbocycles. The molecule has 16 heavy (non-hydrogen) atoms. The van der Waals surface area contributed by atoms with Crippen molar-refractivity contribution in [3.05, 3.63) is 28.5 Å². The van der Waals surface area contributed by atoms with Crippen LogP contribution in [0.2, 0.25) is 0 Å². The smallest absolute Gasteiger partial charge is 0.181 e. The van der Waals surface area contributed by atoms with Gasteiger partial charge >= 0.3 is 0 Å². The van der Waals surface area contributed by atoms with Crippen molar-refractivity contribution < 1.29 is 13.2 Å². The van der Waals surface area contributed by atoms with Crippen LogP contribution in [0.3, 0.4) is 0 Å². The van der Waals surface area contributed by atoms with Crippen molar-refractivity contribution in [3.8, 4) is 0 Å². The number of hydrogen-bond acceptors (Lipinski definition) is 4. The minimum Gasteiger partial charge on any atom is -0.292 e. The standard InChI is InChI=1S/C10H12BrNO3S/c1-16(14,15)6-2-3-10(13)9-5-4-8(11)7-12-9/h4-5,7H,2-3,6H2,1H3. The van der Waals surface area contributed by atoms with Gasteiger partial charge in [0.2, 0.25) is 0 Å². The fourth-order valence-corrected chi connectivity index (χ4v) is 2.07. The van der Waals surface area contributed by atoms with Gasteiger partial charge in [-0.2, -0.15) is 0 Å². The number of Topliss-reactive ketones (excluding diaryl/α,β-unsaturated/α-hetero) is 1.